The number of aliphatic hydroxyl groups excluding tert-OH is 1. The van der Waals surface area contributed by atoms with Crippen LogP contribution in [0, 0.1) is 0 Å². The lowest BCUT2D eigenvalue weighted by Gasteiger charge is -1.97. The number of allylic oxidation sites excluding steroid dienone is 3. The minimum atomic E-state index is 0.222. The van der Waals surface area contributed by atoms with Crippen LogP contribution in [0.1, 0.15) is 20.3 Å². The first-order chi connectivity index (χ1) is 4.25. The molecule has 0 aromatic carbocycles. The first kappa shape index (κ1) is 6.56. The number of hydrogen-bond acceptors (Lipinski definition) is 1. The number of hydrogen-bond donors (Lipinski definition) is 1. The molecule has 1 nitrogen and oxygen atoms in total. The smallest absolute Gasteiger partial charge is 0.0650 e. The van der Waals surface area contributed by atoms with Crippen molar-refractivity contribution in [3.05, 3.63) is 22.8 Å². The van der Waals surface area contributed by atoms with Crippen molar-refractivity contribution >= 4 is 0 Å². The molecule has 0 unspecified atom stereocenters. The van der Waals surface area contributed by atoms with Gasteiger partial charge in [0, 0.05) is 0 Å². The van der Waals surface area contributed by atoms with Gasteiger partial charge < -0.3 is 5.11 Å². The molecule has 1 heteroatoms. The molecule has 1 aliphatic carbocycles. The van der Waals surface area contributed by atoms with Gasteiger partial charge in [-0.1, -0.05) is 11.6 Å². The summed E-state index contributed by atoms with van der Waals surface area (Å²) >= 11 is 0. The Bertz CT molecular complexity index is 175. The molecule has 1 aliphatic rings. The summed E-state index contributed by atoms with van der Waals surface area (Å²) in [6.07, 6.45) is 3.11. The van der Waals surface area contributed by atoms with Gasteiger partial charge in [-0.05, 0) is 31.4 Å². The third-order valence-electron chi connectivity index (χ3n) is 1.97. The lowest BCUT2D eigenvalue weighted by atomic mass is 10.1. The van der Waals surface area contributed by atoms with Gasteiger partial charge in [0.1, 0.15) is 0 Å². The largest absolute Gasteiger partial charge is 0.392 e. The van der Waals surface area contributed by atoms with Gasteiger partial charge in [-0.3, -0.25) is 0 Å². The molecule has 1 rings (SSSR count). The van der Waals surface area contributed by atoms with Crippen molar-refractivity contribution in [1.29, 1.82) is 0 Å². The predicted molar refractivity (Wildman–Crippen MR) is 38.2 cm³/mol. The van der Waals surface area contributed by atoms with Crippen molar-refractivity contribution in [2.75, 3.05) is 6.61 Å². The van der Waals surface area contributed by atoms with Gasteiger partial charge in [0.2, 0.25) is 0 Å². The Morgan fingerprint density at radius 2 is 2.22 bits per heavy atom. The lowest BCUT2D eigenvalue weighted by Crippen LogP contribution is -1.88. The van der Waals surface area contributed by atoms with Crippen LogP contribution in [0.2, 0.25) is 0 Å². The van der Waals surface area contributed by atoms with Gasteiger partial charge in [-0.2, -0.15) is 0 Å². The van der Waals surface area contributed by atoms with Crippen molar-refractivity contribution in [3.63, 3.8) is 0 Å². The minimum Gasteiger partial charge on any atom is -0.392 e. The van der Waals surface area contributed by atoms with E-state index in [1.807, 2.05) is 0 Å². The Balaban J connectivity index is 2.79. The van der Waals surface area contributed by atoms with Crippen LogP contribution in [0.4, 0.5) is 0 Å². The summed E-state index contributed by atoms with van der Waals surface area (Å²) in [4.78, 5) is 0. The average molecular weight is 124 g/mol. The molecule has 0 spiro atoms. The fourth-order valence-corrected chi connectivity index (χ4v) is 1.04. The summed E-state index contributed by atoms with van der Waals surface area (Å²) in [6.45, 7) is 4.36. The lowest BCUT2D eigenvalue weighted by molar-refractivity contribution is 0.328. The van der Waals surface area contributed by atoms with Gasteiger partial charge in [0.25, 0.3) is 0 Å². The van der Waals surface area contributed by atoms with E-state index in [0.717, 1.165) is 6.42 Å². The summed E-state index contributed by atoms with van der Waals surface area (Å²) in [5, 5.41) is 8.76. The summed E-state index contributed by atoms with van der Waals surface area (Å²) in [6, 6.07) is 0. The molecule has 0 atom stereocenters. The first-order valence-electron chi connectivity index (χ1n) is 3.22. The molecule has 0 aromatic heterocycles. The Hall–Kier alpha value is -0.560. The third kappa shape index (κ3) is 1.06. The van der Waals surface area contributed by atoms with Crippen LogP contribution in [0.3, 0.4) is 0 Å². The maximum Gasteiger partial charge on any atom is 0.0650 e. The average Bonchev–Trinajstić information content (AvgIpc) is 2.15. The van der Waals surface area contributed by atoms with Gasteiger partial charge >= 0.3 is 0 Å². The Morgan fingerprint density at radius 1 is 1.56 bits per heavy atom. The quantitative estimate of drug-likeness (QED) is 0.563. The maximum absolute atomic E-state index is 8.76. The van der Waals surface area contributed by atoms with Crippen LogP contribution in [-0.4, -0.2) is 11.7 Å². The molecule has 1 N–H and O–H groups in total. The molecule has 0 aromatic rings. The summed E-state index contributed by atoms with van der Waals surface area (Å²) < 4.78 is 0. The van der Waals surface area contributed by atoms with Crippen LogP contribution >= 0.6 is 0 Å². The maximum atomic E-state index is 8.76. The van der Waals surface area contributed by atoms with E-state index < -0.39 is 0 Å². The zero-order valence-corrected chi connectivity index (χ0v) is 5.94. The first-order valence-corrected chi connectivity index (χ1v) is 3.22. The fourth-order valence-electron chi connectivity index (χ4n) is 1.04. The Kier molecular flexibility index (Phi) is 1.72. The molecule has 0 heterocycles. The zero-order valence-electron chi connectivity index (χ0n) is 5.94. The second kappa shape index (κ2) is 2.36. The van der Waals surface area contributed by atoms with Crippen molar-refractivity contribution in [2.24, 2.45) is 0 Å². The molecule has 0 aliphatic heterocycles. The molecular weight excluding hydrogens is 112 g/mol. The molecule has 0 saturated carbocycles. The predicted octanol–water partition coefficient (Wildman–Crippen LogP) is 1.65. The van der Waals surface area contributed by atoms with E-state index in [1.54, 1.807) is 0 Å². The van der Waals surface area contributed by atoms with Crippen LogP contribution in [0.15, 0.2) is 22.8 Å². The Labute approximate surface area is 55.7 Å². The SMILES string of the molecule is CC1=CCC(CO)=C1C. The van der Waals surface area contributed by atoms with E-state index in [2.05, 4.69) is 19.9 Å². The highest BCUT2D eigenvalue weighted by Crippen LogP contribution is 2.24. The summed E-state index contributed by atoms with van der Waals surface area (Å²) in [5.74, 6) is 0. The molecule has 9 heavy (non-hydrogen) atoms. The minimum absolute atomic E-state index is 0.222. The molecule has 0 fully saturated rings. The molecule has 50 valence electrons. The van der Waals surface area contributed by atoms with Gasteiger partial charge in [0.15, 0.2) is 0 Å². The van der Waals surface area contributed by atoms with Crippen molar-refractivity contribution in [3.8, 4) is 0 Å². The highest BCUT2D eigenvalue weighted by atomic mass is 16.3. The molecule has 0 amide bonds. The molecule has 0 radical (unpaired) electrons. The number of rotatable bonds is 1. The van der Waals surface area contributed by atoms with Crippen molar-refractivity contribution < 1.29 is 5.11 Å². The molecule has 0 bridgehead atoms. The van der Waals surface area contributed by atoms with Crippen LogP contribution < -0.4 is 0 Å². The fraction of sp³-hybridized carbons (Fsp3) is 0.500. The van der Waals surface area contributed by atoms with Crippen LogP contribution in [-0.2, 0) is 0 Å². The highest BCUT2D eigenvalue weighted by molar-refractivity contribution is 5.39. The summed E-state index contributed by atoms with van der Waals surface area (Å²) in [7, 11) is 0. The van der Waals surface area contributed by atoms with E-state index in [4.69, 9.17) is 5.11 Å². The van der Waals surface area contributed by atoms with E-state index in [-0.39, 0.29) is 6.61 Å². The van der Waals surface area contributed by atoms with Gasteiger partial charge in [0.05, 0.1) is 6.61 Å². The van der Waals surface area contributed by atoms with Gasteiger partial charge in [-0.15, -0.1) is 0 Å². The van der Waals surface area contributed by atoms with Crippen LogP contribution in [0.5, 0.6) is 0 Å². The van der Waals surface area contributed by atoms with E-state index in [9.17, 15) is 0 Å². The van der Waals surface area contributed by atoms with Crippen LogP contribution in [0.25, 0.3) is 0 Å². The van der Waals surface area contributed by atoms with E-state index in [1.165, 1.54) is 16.7 Å². The monoisotopic (exact) mass is 124 g/mol. The van der Waals surface area contributed by atoms with Crippen molar-refractivity contribution in [1.82, 2.24) is 0 Å². The molecule has 0 saturated heterocycles. The van der Waals surface area contributed by atoms with E-state index in [0.29, 0.717) is 0 Å². The number of aliphatic hydroxyl groups is 1. The van der Waals surface area contributed by atoms with E-state index >= 15 is 0 Å². The highest BCUT2D eigenvalue weighted by Gasteiger charge is 2.07. The zero-order chi connectivity index (χ0) is 6.85. The normalized spacial score (nSPS) is 18.8. The third-order valence-corrected chi connectivity index (χ3v) is 1.97. The van der Waals surface area contributed by atoms with Crippen molar-refractivity contribution in [2.45, 2.75) is 20.3 Å². The second-order valence-electron chi connectivity index (χ2n) is 2.48. The standard InChI is InChI=1S/C8H12O/c1-6-3-4-8(5-9)7(6)2/h3,9H,4-5H2,1-2H3. The molecular formula is C8H12O. The van der Waals surface area contributed by atoms with Gasteiger partial charge in [-0.25, -0.2) is 0 Å². The summed E-state index contributed by atoms with van der Waals surface area (Å²) in [5.41, 5.74) is 3.77. The Morgan fingerprint density at radius 3 is 2.44 bits per heavy atom. The second-order valence-corrected chi connectivity index (χ2v) is 2.48. The topological polar surface area (TPSA) is 20.2 Å².